The molecule has 0 fully saturated rings. The summed E-state index contributed by atoms with van der Waals surface area (Å²) in [6.07, 6.45) is 4.26. The minimum absolute atomic E-state index is 0.267. The van der Waals surface area contributed by atoms with Gasteiger partial charge in [-0.1, -0.05) is 0 Å². The second kappa shape index (κ2) is 3.18. The van der Waals surface area contributed by atoms with Crippen LogP contribution in [0.2, 0.25) is 0 Å². The molecule has 0 atom stereocenters. The number of hydrogen-bond donors (Lipinski definition) is 0. The van der Waals surface area contributed by atoms with Crippen molar-refractivity contribution in [1.29, 1.82) is 0 Å². The Kier molecular flexibility index (Phi) is 2.12. The van der Waals surface area contributed by atoms with Gasteiger partial charge in [-0.3, -0.25) is 0 Å². The Morgan fingerprint density at radius 3 is 2.93 bits per heavy atom. The molecule has 0 saturated carbocycles. The third-order valence-corrected chi connectivity index (χ3v) is 2.53. The van der Waals surface area contributed by atoms with Gasteiger partial charge in [0.05, 0.1) is 5.75 Å². The van der Waals surface area contributed by atoms with E-state index in [4.69, 9.17) is 10.7 Å². The second-order valence-corrected chi connectivity index (χ2v) is 5.43. The van der Waals surface area contributed by atoms with Gasteiger partial charge < -0.3 is 0 Å². The Morgan fingerprint density at radius 1 is 1.43 bits per heavy atom. The van der Waals surface area contributed by atoms with Crippen LogP contribution in [-0.2, 0) is 14.8 Å². The van der Waals surface area contributed by atoms with Crippen molar-refractivity contribution in [2.75, 3.05) is 0 Å². The van der Waals surface area contributed by atoms with Gasteiger partial charge in [0.15, 0.2) is 0 Å². The summed E-state index contributed by atoms with van der Waals surface area (Å²) in [5.41, 5.74) is 0.470. The van der Waals surface area contributed by atoms with Crippen LogP contribution in [0, 0.1) is 0 Å². The van der Waals surface area contributed by atoms with E-state index in [1.807, 2.05) is 0 Å². The van der Waals surface area contributed by atoms with Crippen LogP contribution in [-0.4, -0.2) is 28.0 Å². The average Bonchev–Trinajstić information content (AvgIpc) is 2.47. The first-order valence-corrected chi connectivity index (χ1v) is 6.09. The van der Waals surface area contributed by atoms with Crippen molar-refractivity contribution in [1.82, 2.24) is 19.6 Å². The molecule has 0 aliphatic carbocycles. The summed E-state index contributed by atoms with van der Waals surface area (Å²) >= 11 is 0. The molecule has 0 amide bonds. The first-order valence-electron chi connectivity index (χ1n) is 3.61. The molecular formula is C6H5ClN4O2S. The van der Waals surface area contributed by atoms with Gasteiger partial charge in [-0.05, 0) is 0 Å². The smallest absolute Gasteiger partial charge is 0.219 e. The lowest BCUT2D eigenvalue weighted by atomic mass is 10.4. The molecule has 0 saturated heterocycles. The van der Waals surface area contributed by atoms with Crippen LogP contribution in [0.1, 0.15) is 5.56 Å². The monoisotopic (exact) mass is 232 g/mol. The Balaban J connectivity index is 2.44. The lowest BCUT2D eigenvalue weighted by Gasteiger charge is -1.97. The van der Waals surface area contributed by atoms with E-state index in [2.05, 4.69) is 15.1 Å². The highest BCUT2D eigenvalue weighted by Gasteiger charge is 2.08. The lowest BCUT2D eigenvalue weighted by Crippen LogP contribution is -1.99. The molecule has 0 aromatic carbocycles. The highest BCUT2D eigenvalue weighted by atomic mass is 35.7. The molecule has 2 aromatic rings. The number of nitrogens with zero attached hydrogens (tertiary/aromatic N) is 4. The molecule has 6 nitrogen and oxygen atoms in total. The average molecular weight is 233 g/mol. The van der Waals surface area contributed by atoms with Crippen LogP contribution in [0.5, 0.6) is 0 Å². The third kappa shape index (κ3) is 1.99. The summed E-state index contributed by atoms with van der Waals surface area (Å²) in [5, 5.41) is 3.81. The molecule has 2 aromatic heterocycles. The maximum Gasteiger partial charge on any atom is 0.252 e. The third-order valence-electron chi connectivity index (χ3n) is 1.53. The van der Waals surface area contributed by atoms with Gasteiger partial charge in [0, 0.05) is 28.6 Å². The summed E-state index contributed by atoms with van der Waals surface area (Å²) in [6.45, 7) is 0. The number of fused-ring (bicyclic) bond motifs is 1. The van der Waals surface area contributed by atoms with Crippen molar-refractivity contribution in [2.45, 2.75) is 5.75 Å². The molecule has 14 heavy (non-hydrogen) atoms. The topological polar surface area (TPSA) is 77.2 Å². The fourth-order valence-electron chi connectivity index (χ4n) is 1.03. The molecule has 0 aliphatic rings. The largest absolute Gasteiger partial charge is 0.252 e. The molecule has 0 unspecified atom stereocenters. The van der Waals surface area contributed by atoms with Crippen LogP contribution >= 0.6 is 10.7 Å². The van der Waals surface area contributed by atoms with E-state index < -0.39 is 9.05 Å². The number of halogens is 1. The molecule has 2 rings (SSSR count). The van der Waals surface area contributed by atoms with Crippen molar-refractivity contribution >= 4 is 25.5 Å². The van der Waals surface area contributed by atoms with E-state index in [9.17, 15) is 8.42 Å². The van der Waals surface area contributed by atoms with Gasteiger partial charge in [-0.25, -0.2) is 17.9 Å². The fraction of sp³-hybridized carbons (Fsp3) is 0.167. The maximum atomic E-state index is 10.8. The first kappa shape index (κ1) is 9.35. The zero-order valence-electron chi connectivity index (χ0n) is 6.83. The highest BCUT2D eigenvalue weighted by molar-refractivity contribution is 8.13. The molecule has 8 heteroatoms. The first-order chi connectivity index (χ1) is 6.54. The van der Waals surface area contributed by atoms with Crippen LogP contribution in [0.15, 0.2) is 18.7 Å². The fourth-order valence-corrected chi connectivity index (χ4v) is 1.96. The van der Waals surface area contributed by atoms with E-state index in [0.29, 0.717) is 11.3 Å². The standard InChI is InChI=1S/C6H5ClN4O2S/c7-14(12,13)3-5-1-8-6-9-4-10-11(6)2-5/h1-2,4H,3H2. The minimum Gasteiger partial charge on any atom is -0.219 e. The van der Waals surface area contributed by atoms with Gasteiger partial charge in [0.2, 0.25) is 9.05 Å². The van der Waals surface area contributed by atoms with Gasteiger partial charge in [0.1, 0.15) is 6.33 Å². The molecule has 0 radical (unpaired) electrons. The van der Waals surface area contributed by atoms with Crippen molar-refractivity contribution < 1.29 is 8.42 Å². The van der Waals surface area contributed by atoms with Gasteiger partial charge in [0.25, 0.3) is 5.78 Å². The molecule has 0 aliphatic heterocycles. The zero-order chi connectivity index (χ0) is 10.2. The second-order valence-electron chi connectivity index (χ2n) is 2.65. The Labute approximate surface area is 84.0 Å². The Morgan fingerprint density at radius 2 is 2.21 bits per heavy atom. The Bertz CT molecular complexity index is 564. The quantitative estimate of drug-likeness (QED) is 0.691. The maximum absolute atomic E-state index is 10.8. The number of aromatic nitrogens is 4. The van der Waals surface area contributed by atoms with Crippen LogP contribution in [0.25, 0.3) is 5.78 Å². The Hall–Kier alpha value is -1.21. The van der Waals surface area contributed by atoms with Gasteiger partial charge in [-0.15, -0.1) is 0 Å². The molecule has 0 bridgehead atoms. The SMILES string of the molecule is O=S(=O)(Cl)Cc1cnc2ncnn2c1. The summed E-state index contributed by atoms with van der Waals surface area (Å²) in [5.74, 6) is 0.151. The van der Waals surface area contributed by atoms with E-state index in [1.165, 1.54) is 23.2 Å². The summed E-state index contributed by atoms with van der Waals surface area (Å²) in [7, 11) is 1.53. The van der Waals surface area contributed by atoms with E-state index in [0.717, 1.165) is 0 Å². The van der Waals surface area contributed by atoms with E-state index in [-0.39, 0.29) is 5.75 Å². The molecule has 2 heterocycles. The lowest BCUT2D eigenvalue weighted by molar-refractivity contribution is 0.608. The van der Waals surface area contributed by atoms with Crippen LogP contribution in [0.3, 0.4) is 0 Å². The predicted molar refractivity (Wildman–Crippen MR) is 49.3 cm³/mol. The summed E-state index contributed by atoms with van der Waals surface area (Å²) in [6, 6.07) is 0. The summed E-state index contributed by atoms with van der Waals surface area (Å²) < 4.78 is 22.9. The molecule has 0 spiro atoms. The van der Waals surface area contributed by atoms with Crippen molar-refractivity contribution in [3.63, 3.8) is 0 Å². The predicted octanol–water partition coefficient (Wildman–Crippen LogP) is 0.193. The van der Waals surface area contributed by atoms with Crippen LogP contribution in [0.4, 0.5) is 0 Å². The minimum atomic E-state index is -3.56. The van der Waals surface area contributed by atoms with Gasteiger partial charge in [-0.2, -0.15) is 10.1 Å². The molecule has 74 valence electrons. The van der Waals surface area contributed by atoms with Crippen molar-refractivity contribution in [2.24, 2.45) is 0 Å². The van der Waals surface area contributed by atoms with E-state index in [1.54, 1.807) is 0 Å². The number of hydrogen-bond acceptors (Lipinski definition) is 5. The van der Waals surface area contributed by atoms with Gasteiger partial charge >= 0.3 is 0 Å². The van der Waals surface area contributed by atoms with Crippen molar-refractivity contribution in [3.8, 4) is 0 Å². The van der Waals surface area contributed by atoms with E-state index >= 15 is 0 Å². The zero-order valence-corrected chi connectivity index (χ0v) is 8.40. The van der Waals surface area contributed by atoms with Crippen molar-refractivity contribution in [3.05, 3.63) is 24.3 Å². The number of rotatable bonds is 2. The van der Waals surface area contributed by atoms with Crippen LogP contribution < -0.4 is 0 Å². The molecular weight excluding hydrogens is 228 g/mol. The summed E-state index contributed by atoms with van der Waals surface area (Å²) in [4.78, 5) is 7.71. The molecule has 0 N–H and O–H groups in total. The highest BCUT2D eigenvalue weighted by Crippen LogP contribution is 2.08. The normalized spacial score (nSPS) is 12.1.